The number of likely N-dealkylation sites (tertiary alicyclic amines) is 1. The molecule has 0 aromatic heterocycles. The monoisotopic (exact) mass is 377 g/mol. The van der Waals surface area contributed by atoms with Gasteiger partial charge in [0.15, 0.2) is 0 Å². The number of rotatable bonds is 3. The molecule has 28 heavy (non-hydrogen) atoms. The number of hydrogen-bond acceptors (Lipinski definition) is 2. The van der Waals surface area contributed by atoms with Crippen molar-refractivity contribution in [3.63, 3.8) is 0 Å². The van der Waals surface area contributed by atoms with Crippen LogP contribution in [-0.4, -0.2) is 29.9 Å². The van der Waals surface area contributed by atoms with Crippen LogP contribution < -0.4 is 10.6 Å². The lowest BCUT2D eigenvalue weighted by Gasteiger charge is -2.33. The second-order valence-electron chi connectivity index (χ2n) is 7.71. The Labute approximate surface area is 166 Å². The van der Waals surface area contributed by atoms with Gasteiger partial charge in [0.25, 0.3) is 0 Å². The molecule has 0 spiro atoms. The van der Waals surface area contributed by atoms with Gasteiger partial charge in [-0.3, -0.25) is 4.79 Å². The third kappa shape index (κ3) is 4.19. The molecular weight excluding hydrogens is 350 g/mol. The Morgan fingerprint density at radius 2 is 1.61 bits per heavy atom. The minimum atomic E-state index is -0.0914. The van der Waals surface area contributed by atoms with Crippen molar-refractivity contribution in [3.05, 3.63) is 65.7 Å². The summed E-state index contributed by atoms with van der Waals surface area (Å²) in [6.07, 6.45) is 4.63. The van der Waals surface area contributed by atoms with Crippen LogP contribution in [0, 0.1) is 5.92 Å². The molecule has 0 unspecified atom stereocenters. The van der Waals surface area contributed by atoms with Crippen LogP contribution in [0.15, 0.2) is 54.6 Å². The van der Waals surface area contributed by atoms with E-state index < -0.39 is 0 Å². The number of aryl methyl sites for hydroxylation is 1. The Morgan fingerprint density at radius 1 is 0.893 bits per heavy atom. The number of amides is 3. The van der Waals surface area contributed by atoms with E-state index in [0.29, 0.717) is 25.9 Å². The molecule has 0 radical (unpaired) electrons. The number of urea groups is 1. The van der Waals surface area contributed by atoms with Gasteiger partial charge < -0.3 is 15.5 Å². The summed E-state index contributed by atoms with van der Waals surface area (Å²) in [6, 6.07) is 17.9. The molecule has 1 saturated heterocycles. The van der Waals surface area contributed by atoms with Crippen molar-refractivity contribution >= 4 is 17.6 Å². The van der Waals surface area contributed by atoms with Crippen molar-refractivity contribution in [3.8, 4) is 0 Å². The number of carbonyl (C=O) groups excluding carboxylic acids is 2. The van der Waals surface area contributed by atoms with Crippen molar-refractivity contribution in [1.29, 1.82) is 0 Å². The Kier molecular flexibility index (Phi) is 5.60. The van der Waals surface area contributed by atoms with Gasteiger partial charge in [0.1, 0.15) is 0 Å². The number of benzene rings is 2. The highest BCUT2D eigenvalue weighted by molar-refractivity contribution is 5.89. The average Bonchev–Trinajstić information content (AvgIpc) is 2.75. The van der Waals surface area contributed by atoms with Crippen LogP contribution in [-0.2, 0) is 11.2 Å². The number of nitrogens with one attached hydrogen (secondary N) is 2. The van der Waals surface area contributed by atoms with Gasteiger partial charge in [-0.25, -0.2) is 4.79 Å². The molecule has 1 fully saturated rings. The second kappa shape index (κ2) is 8.46. The first-order chi connectivity index (χ1) is 13.7. The highest BCUT2D eigenvalue weighted by atomic mass is 16.2. The topological polar surface area (TPSA) is 61.4 Å². The van der Waals surface area contributed by atoms with Gasteiger partial charge in [0.05, 0.1) is 6.04 Å². The van der Waals surface area contributed by atoms with Crippen LogP contribution in [0.2, 0.25) is 0 Å². The van der Waals surface area contributed by atoms with Gasteiger partial charge in [0.2, 0.25) is 5.91 Å². The normalized spacial score (nSPS) is 19.6. The number of carbonyl (C=O) groups is 2. The summed E-state index contributed by atoms with van der Waals surface area (Å²) < 4.78 is 0. The Balaban J connectivity index is 1.29. The first-order valence-corrected chi connectivity index (χ1v) is 10.2. The van der Waals surface area contributed by atoms with Crippen LogP contribution >= 0.6 is 0 Å². The largest absolute Gasteiger partial charge is 0.349 e. The maximum atomic E-state index is 12.8. The molecule has 3 amide bonds. The lowest BCUT2D eigenvalue weighted by atomic mass is 9.87. The fraction of sp³-hybridized carbons (Fsp3) is 0.391. The summed E-state index contributed by atoms with van der Waals surface area (Å²) in [4.78, 5) is 27.0. The van der Waals surface area contributed by atoms with E-state index in [2.05, 4.69) is 28.8 Å². The van der Waals surface area contributed by atoms with Gasteiger partial charge in [-0.1, -0.05) is 42.5 Å². The number of anilines is 1. The first kappa shape index (κ1) is 18.5. The zero-order chi connectivity index (χ0) is 19.3. The lowest BCUT2D eigenvalue weighted by Crippen LogP contribution is -2.45. The minimum absolute atomic E-state index is 0.0186. The van der Waals surface area contributed by atoms with E-state index in [1.54, 1.807) is 4.90 Å². The first-order valence-electron chi connectivity index (χ1n) is 10.2. The van der Waals surface area contributed by atoms with Gasteiger partial charge >= 0.3 is 6.03 Å². The van der Waals surface area contributed by atoms with Crippen molar-refractivity contribution in [2.75, 3.05) is 18.4 Å². The minimum Gasteiger partial charge on any atom is -0.349 e. The number of para-hydroxylation sites is 1. The molecule has 1 atom stereocenters. The average molecular weight is 377 g/mol. The van der Waals surface area contributed by atoms with Gasteiger partial charge in [-0.05, 0) is 55.4 Å². The third-order valence-corrected chi connectivity index (χ3v) is 5.86. The van der Waals surface area contributed by atoms with Crippen LogP contribution in [0.5, 0.6) is 0 Å². The summed E-state index contributed by atoms with van der Waals surface area (Å²) in [5, 5.41) is 6.19. The summed E-state index contributed by atoms with van der Waals surface area (Å²) in [5.74, 6) is 0.111. The number of hydrogen-bond donors (Lipinski definition) is 2. The van der Waals surface area contributed by atoms with Crippen LogP contribution in [0.3, 0.4) is 0 Å². The van der Waals surface area contributed by atoms with Crippen LogP contribution in [0.25, 0.3) is 0 Å². The lowest BCUT2D eigenvalue weighted by molar-refractivity contribution is -0.127. The molecule has 2 N–H and O–H groups in total. The second-order valence-corrected chi connectivity index (χ2v) is 7.71. The zero-order valence-electron chi connectivity index (χ0n) is 16.1. The molecule has 1 aliphatic heterocycles. The number of piperidine rings is 1. The third-order valence-electron chi connectivity index (χ3n) is 5.86. The summed E-state index contributed by atoms with van der Waals surface area (Å²) in [5.41, 5.74) is 3.41. The molecule has 2 aromatic rings. The molecule has 5 nitrogen and oxygen atoms in total. The molecule has 1 aliphatic carbocycles. The van der Waals surface area contributed by atoms with Gasteiger partial charge in [-0.15, -0.1) is 0 Å². The van der Waals surface area contributed by atoms with Crippen molar-refractivity contribution in [2.45, 2.75) is 38.1 Å². The molecule has 0 bridgehead atoms. The SMILES string of the molecule is O=C(N[C@H]1CCCc2ccccc21)C1CCN(C(=O)Nc2ccccc2)CC1. The van der Waals surface area contributed by atoms with Crippen molar-refractivity contribution in [2.24, 2.45) is 5.92 Å². The van der Waals surface area contributed by atoms with Crippen LogP contribution in [0.4, 0.5) is 10.5 Å². The quantitative estimate of drug-likeness (QED) is 0.845. The summed E-state index contributed by atoms with van der Waals surface area (Å²) in [7, 11) is 0. The molecule has 5 heteroatoms. The smallest absolute Gasteiger partial charge is 0.321 e. The van der Waals surface area contributed by atoms with E-state index in [1.807, 2.05) is 36.4 Å². The van der Waals surface area contributed by atoms with E-state index in [9.17, 15) is 9.59 Å². The van der Waals surface area contributed by atoms with Gasteiger partial charge in [-0.2, -0.15) is 0 Å². The molecule has 4 rings (SSSR count). The van der Waals surface area contributed by atoms with E-state index in [0.717, 1.165) is 24.9 Å². The fourth-order valence-electron chi connectivity index (χ4n) is 4.26. The predicted molar refractivity (Wildman–Crippen MR) is 110 cm³/mol. The summed E-state index contributed by atoms with van der Waals surface area (Å²) >= 11 is 0. The summed E-state index contributed by atoms with van der Waals surface area (Å²) in [6.45, 7) is 1.22. The van der Waals surface area contributed by atoms with Crippen LogP contribution in [0.1, 0.15) is 42.9 Å². The van der Waals surface area contributed by atoms with Crippen molar-refractivity contribution in [1.82, 2.24) is 10.2 Å². The van der Waals surface area contributed by atoms with E-state index in [-0.39, 0.29) is 23.9 Å². The van der Waals surface area contributed by atoms with E-state index in [1.165, 1.54) is 11.1 Å². The fourth-order valence-corrected chi connectivity index (χ4v) is 4.26. The molecule has 2 aliphatic rings. The molecule has 2 aromatic carbocycles. The maximum absolute atomic E-state index is 12.8. The Bertz CT molecular complexity index is 829. The Hall–Kier alpha value is -2.82. The zero-order valence-corrected chi connectivity index (χ0v) is 16.1. The van der Waals surface area contributed by atoms with Gasteiger partial charge in [0, 0.05) is 24.7 Å². The van der Waals surface area contributed by atoms with E-state index in [4.69, 9.17) is 0 Å². The number of fused-ring (bicyclic) bond motifs is 1. The number of nitrogens with zero attached hydrogens (tertiary/aromatic N) is 1. The molecular formula is C23H27N3O2. The highest BCUT2D eigenvalue weighted by Gasteiger charge is 2.30. The molecule has 146 valence electrons. The maximum Gasteiger partial charge on any atom is 0.321 e. The molecule has 0 saturated carbocycles. The Morgan fingerprint density at radius 3 is 2.39 bits per heavy atom. The van der Waals surface area contributed by atoms with E-state index >= 15 is 0 Å². The van der Waals surface area contributed by atoms with Crippen molar-refractivity contribution < 1.29 is 9.59 Å². The standard InChI is InChI=1S/C23H27N3O2/c27-22(25-21-12-6-8-17-7-4-5-11-20(17)21)18-13-15-26(16-14-18)23(28)24-19-9-2-1-3-10-19/h1-5,7,9-11,18,21H,6,8,12-16H2,(H,24,28)(H,25,27)/t21-/m0/s1. The predicted octanol–water partition coefficient (Wildman–Crippen LogP) is 4.12. The highest BCUT2D eigenvalue weighted by Crippen LogP contribution is 2.30. The molecule has 1 heterocycles.